The van der Waals surface area contributed by atoms with Gasteiger partial charge in [0.25, 0.3) is 5.92 Å². The first-order valence-electron chi connectivity index (χ1n) is 7.37. The van der Waals surface area contributed by atoms with E-state index in [9.17, 15) is 31.6 Å². The number of hydrogen-bond donors (Lipinski definition) is 1. The SMILES string of the molecule is Cc1[nH]c2c(N3CCCC(F)(F)C3)c(C#N)c(C(F)(F)F)nc2c1F. The summed E-state index contributed by atoms with van der Waals surface area (Å²) in [5.41, 5.74) is -3.74. The number of H-pyrrole nitrogens is 1. The standard InChI is InChI=1S/C15H12F6N4/c1-7-9(16)10-11(23-7)12(25-4-2-3-14(17,18)6-25)8(5-22)13(24-10)15(19,20)21/h23H,2-4,6H2,1H3. The number of pyridine rings is 1. The third kappa shape index (κ3) is 2.88. The van der Waals surface area contributed by atoms with Gasteiger partial charge in [-0.25, -0.2) is 18.2 Å². The number of nitriles is 1. The van der Waals surface area contributed by atoms with Crippen molar-refractivity contribution in [3.63, 3.8) is 0 Å². The molecule has 0 atom stereocenters. The number of aryl methyl sites for hydroxylation is 1. The molecule has 25 heavy (non-hydrogen) atoms. The molecule has 3 heterocycles. The van der Waals surface area contributed by atoms with E-state index in [4.69, 9.17) is 0 Å². The van der Waals surface area contributed by atoms with E-state index in [1.54, 1.807) is 0 Å². The monoisotopic (exact) mass is 362 g/mol. The molecular weight excluding hydrogens is 350 g/mol. The first kappa shape index (κ1) is 17.4. The van der Waals surface area contributed by atoms with Crippen LogP contribution in [0.1, 0.15) is 29.8 Å². The van der Waals surface area contributed by atoms with E-state index < -0.39 is 47.7 Å². The second-order valence-corrected chi connectivity index (χ2v) is 5.96. The van der Waals surface area contributed by atoms with Gasteiger partial charge in [0.05, 0.1) is 23.4 Å². The van der Waals surface area contributed by atoms with Gasteiger partial charge in [-0.1, -0.05) is 0 Å². The maximum atomic E-state index is 14.2. The summed E-state index contributed by atoms with van der Waals surface area (Å²) in [7, 11) is 0. The maximum absolute atomic E-state index is 14.2. The zero-order valence-electron chi connectivity index (χ0n) is 12.9. The van der Waals surface area contributed by atoms with Crippen molar-refractivity contribution >= 4 is 16.7 Å². The fourth-order valence-corrected chi connectivity index (χ4v) is 3.05. The highest BCUT2D eigenvalue weighted by Gasteiger charge is 2.42. The minimum atomic E-state index is -5.02. The van der Waals surface area contributed by atoms with E-state index in [1.807, 2.05) is 0 Å². The molecule has 1 aliphatic heterocycles. The molecule has 0 unspecified atom stereocenters. The third-order valence-corrected chi connectivity index (χ3v) is 4.11. The lowest BCUT2D eigenvalue weighted by Crippen LogP contribution is -2.43. The number of nitrogens with one attached hydrogen (secondary N) is 1. The molecular formula is C15H12F6N4. The highest BCUT2D eigenvalue weighted by Crippen LogP contribution is 2.41. The van der Waals surface area contributed by atoms with Gasteiger partial charge in [-0.2, -0.15) is 18.4 Å². The number of hydrogen-bond acceptors (Lipinski definition) is 3. The van der Waals surface area contributed by atoms with Gasteiger partial charge in [-0.05, 0) is 13.3 Å². The number of piperidine rings is 1. The van der Waals surface area contributed by atoms with Gasteiger partial charge in [0.2, 0.25) is 0 Å². The summed E-state index contributed by atoms with van der Waals surface area (Å²) in [6.07, 6.45) is -5.39. The van der Waals surface area contributed by atoms with Gasteiger partial charge in [-0.15, -0.1) is 0 Å². The Labute approximate surface area is 138 Å². The summed E-state index contributed by atoms with van der Waals surface area (Å²) in [6.45, 7) is 0.461. The van der Waals surface area contributed by atoms with Crippen LogP contribution in [0, 0.1) is 24.1 Å². The molecule has 1 saturated heterocycles. The number of halogens is 6. The lowest BCUT2D eigenvalue weighted by atomic mass is 10.0. The lowest BCUT2D eigenvalue weighted by molar-refractivity contribution is -0.141. The van der Waals surface area contributed by atoms with Crippen LogP contribution in [0.4, 0.5) is 32.0 Å². The first-order valence-corrected chi connectivity index (χ1v) is 7.37. The Bertz CT molecular complexity index is 877. The number of aromatic amines is 1. The van der Waals surface area contributed by atoms with E-state index in [1.165, 1.54) is 13.0 Å². The van der Waals surface area contributed by atoms with Crippen LogP contribution in [0.2, 0.25) is 0 Å². The van der Waals surface area contributed by atoms with E-state index in [0.29, 0.717) is 0 Å². The number of aromatic nitrogens is 2. The summed E-state index contributed by atoms with van der Waals surface area (Å²) in [5, 5.41) is 9.25. The van der Waals surface area contributed by atoms with Crippen LogP contribution in [-0.4, -0.2) is 29.0 Å². The summed E-state index contributed by atoms with van der Waals surface area (Å²) in [6, 6.07) is 1.40. The Kier molecular flexibility index (Phi) is 3.85. The zero-order valence-corrected chi connectivity index (χ0v) is 12.9. The minimum Gasteiger partial charge on any atom is -0.363 e. The molecule has 2 aromatic heterocycles. The molecule has 2 aromatic rings. The Morgan fingerprint density at radius 1 is 1.32 bits per heavy atom. The van der Waals surface area contributed by atoms with E-state index >= 15 is 0 Å². The molecule has 0 bridgehead atoms. The largest absolute Gasteiger partial charge is 0.434 e. The predicted octanol–water partition coefficient (Wildman–Crippen LogP) is 4.14. The van der Waals surface area contributed by atoms with Crippen molar-refractivity contribution in [1.29, 1.82) is 5.26 Å². The van der Waals surface area contributed by atoms with Gasteiger partial charge in [0, 0.05) is 13.0 Å². The highest BCUT2D eigenvalue weighted by atomic mass is 19.4. The highest BCUT2D eigenvalue weighted by molar-refractivity contribution is 5.93. The molecule has 10 heteroatoms. The maximum Gasteiger partial charge on any atom is 0.434 e. The van der Waals surface area contributed by atoms with E-state index in [-0.39, 0.29) is 29.9 Å². The topological polar surface area (TPSA) is 55.7 Å². The number of fused-ring (bicyclic) bond motifs is 1. The molecule has 4 nitrogen and oxygen atoms in total. The summed E-state index contributed by atoms with van der Waals surface area (Å²) in [4.78, 5) is 6.79. The van der Waals surface area contributed by atoms with E-state index in [2.05, 4.69) is 9.97 Å². The Balaban J connectivity index is 2.35. The summed E-state index contributed by atoms with van der Waals surface area (Å²) < 4.78 is 81.5. The second-order valence-electron chi connectivity index (χ2n) is 5.96. The Morgan fingerprint density at radius 2 is 2.00 bits per heavy atom. The number of alkyl halides is 5. The number of anilines is 1. The van der Waals surface area contributed by atoms with Crippen LogP contribution in [0.25, 0.3) is 11.0 Å². The number of nitrogens with zero attached hydrogens (tertiary/aromatic N) is 3. The van der Waals surface area contributed by atoms with Crippen LogP contribution in [0.5, 0.6) is 0 Å². The van der Waals surface area contributed by atoms with Crippen LogP contribution in [-0.2, 0) is 6.18 Å². The smallest absolute Gasteiger partial charge is 0.363 e. The molecule has 134 valence electrons. The minimum absolute atomic E-state index is 0.0281. The van der Waals surface area contributed by atoms with Crippen molar-refractivity contribution in [2.24, 2.45) is 0 Å². The molecule has 0 amide bonds. The van der Waals surface area contributed by atoms with Gasteiger partial charge in [-0.3, -0.25) is 0 Å². The van der Waals surface area contributed by atoms with Crippen LogP contribution < -0.4 is 4.90 Å². The molecule has 0 aromatic carbocycles. The number of rotatable bonds is 1. The van der Waals surface area contributed by atoms with Crippen molar-refractivity contribution < 1.29 is 26.3 Å². The van der Waals surface area contributed by atoms with Gasteiger partial charge in [0.15, 0.2) is 11.5 Å². The molecule has 1 fully saturated rings. The quantitative estimate of drug-likeness (QED) is 0.776. The van der Waals surface area contributed by atoms with Gasteiger partial charge in [0.1, 0.15) is 17.1 Å². The van der Waals surface area contributed by atoms with Gasteiger partial charge >= 0.3 is 6.18 Å². The normalized spacial score (nSPS) is 17.8. The van der Waals surface area contributed by atoms with Crippen molar-refractivity contribution in [2.45, 2.75) is 31.9 Å². The average Bonchev–Trinajstić information content (AvgIpc) is 2.78. The van der Waals surface area contributed by atoms with E-state index in [0.717, 1.165) is 4.90 Å². The summed E-state index contributed by atoms with van der Waals surface area (Å²) >= 11 is 0. The molecule has 0 saturated carbocycles. The van der Waals surface area contributed by atoms with Crippen LogP contribution in [0.3, 0.4) is 0 Å². The molecule has 3 rings (SSSR count). The van der Waals surface area contributed by atoms with Crippen LogP contribution >= 0.6 is 0 Å². The van der Waals surface area contributed by atoms with Crippen molar-refractivity contribution in [1.82, 2.24) is 9.97 Å². The Morgan fingerprint density at radius 3 is 2.56 bits per heavy atom. The molecule has 0 aliphatic carbocycles. The fraction of sp³-hybridized carbons (Fsp3) is 0.467. The molecule has 0 radical (unpaired) electrons. The predicted molar refractivity (Wildman–Crippen MR) is 76.9 cm³/mol. The first-order chi connectivity index (χ1) is 11.5. The molecule has 1 aliphatic rings. The van der Waals surface area contributed by atoms with Crippen molar-refractivity contribution in [2.75, 3.05) is 18.0 Å². The summed E-state index contributed by atoms with van der Waals surface area (Å²) in [5.74, 6) is -4.12. The van der Waals surface area contributed by atoms with Crippen LogP contribution in [0.15, 0.2) is 0 Å². The second kappa shape index (κ2) is 5.54. The van der Waals surface area contributed by atoms with Gasteiger partial charge < -0.3 is 9.88 Å². The van der Waals surface area contributed by atoms with Crippen molar-refractivity contribution in [3.8, 4) is 6.07 Å². The van der Waals surface area contributed by atoms with Crippen molar-refractivity contribution in [3.05, 3.63) is 22.8 Å². The fourth-order valence-electron chi connectivity index (χ4n) is 3.05. The molecule has 1 N–H and O–H groups in total. The Hall–Kier alpha value is -2.44. The third-order valence-electron chi connectivity index (χ3n) is 4.11. The average molecular weight is 362 g/mol. The lowest BCUT2D eigenvalue weighted by Gasteiger charge is -2.35. The zero-order chi connectivity index (χ0) is 18.6. The molecule has 0 spiro atoms.